The minimum absolute atomic E-state index is 0.107. The highest BCUT2D eigenvalue weighted by molar-refractivity contribution is 7.89. The summed E-state index contributed by atoms with van der Waals surface area (Å²) in [4.78, 5) is 15.9. The molecule has 1 aromatic carbocycles. The number of ether oxygens (including phenoxy) is 1. The maximum atomic E-state index is 13.0. The Balaban J connectivity index is 2.26. The highest BCUT2D eigenvalue weighted by atomic mass is 35.5. The van der Waals surface area contributed by atoms with Gasteiger partial charge in [0.05, 0.1) is 18.6 Å². The highest BCUT2D eigenvalue weighted by Gasteiger charge is 2.25. The van der Waals surface area contributed by atoms with Gasteiger partial charge in [-0.05, 0) is 30.7 Å². The van der Waals surface area contributed by atoms with E-state index < -0.39 is 16.0 Å². The van der Waals surface area contributed by atoms with Gasteiger partial charge < -0.3 is 4.74 Å². The molecule has 0 aliphatic rings. The zero-order chi connectivity index (χ0) is 19.2. The number of hydrogen-bond acceptors (Lipinski definition) is 6. The first-order chi connectivity index (χ1) is 12.4. The average molecular weight is 417 g/mol. The molecule has 26 heavy (non-hydrogen) atoms. The van der Waals surface area contributed by atoms with E-state index in [9.17, 15) is 13.2 Å². The fourth-order valence-electron chi connectivity index (χ4n) is 2.31. The minimum Gasteiger partial charge on any atom is -0.464 e. The third kappa shape index (κ3) is 5.26. The van der Waals surface area contributed by atoms with Gasteiger partial charge in [-0.2, -0.15) is 4.31 Å². The SMILES string of the molecule is CCCCCN(Cc1nc(C(=O)OC)cs1)S(=O)(=O)c1ccc(Cl)cc1. The maximum Gasteiger partial charge on any atom is 0.357 e. The molecule has 142 valence electrons. The van der Waals surface area contributed by atoms with E-state index in [1.165, 1.54) is 34.9 Å². The second kappa shape index (κ2) is 9.45. The topological polar surface area (TPSA) is 76.6 Å². The molecule has 1 heterocycles. The van der Waals surface area contributed by atoms with Crippen molar-refractivity contribution in [2.75, 3.05) is 13.7 Å². The Hall–Kier alpha value is -1.48. The van der Waals surface area contributed by atoms with Crippen LogP contribution < -0.4 is 0 Å². The summed E-state index contributed by atoms with van der Waals surface area (Å²) < 4.78 is 32.1. The van der Waals surface area contributed by atoms with Crippen LogP contribution in [-0.2, 0) is 21.3 Å². The predicted octanol–water partition coefficient (Wildman–Crippen LogP) is 3.96. The van der Waals surface area contributed by atoms with Crippen LogP contribution in [0.5, 0.6) is 0 Å². The molecule has 0 spiro atoms. The van der Waals surface area contributed by atoms with Crippen LogP contribution in [0.15, 0.2) is 34.5 Å². The van der Waals surface area contributed by atoms with E-state index in [0.717, 1.165) is 19.3 Å². The normalized spacial score (nSPS) is 11.7. The molecule has 9 heteroatoms. The smallest absolute Gasteiger partial charge is 0.357 e. The van der Waals surface area contributed by atoms with Crippen LogP contribution in [0.4, 0.5) is 0 Å². The molecule has 2 rings (SSSR count). The molecule has 0 atom stereocenters. The average Bonchev–Trinajstić information content (AvgIpc) is 3.09. The number of carbonyl (C=O) groups is 1. The number of hydrogen-bond donors (Lipinski definition) is 0. The van der Waals surface area contributed by atoms with Crippen LogP contribution in [0.3, 0.4) is 0 Å². The van der Waals surface area contributed by atoms with Crippen LogP contribution in [-0.4, -0.2) is 37.3 Å². The molecule has 2 aromatic rings. The molecular formula is C17H21ClN2O4S2. The van der Waals surface area contributed by atoms with Gasteiger partial charge in [0.2, 0.25) is 10.0 Å². The molecule has 0 saturated heterocycles. The third-order valence-electron chi connectivity index (χ3n) is 3.72. The Morgan fingerprint density at radius 2 is 1.96 bits per heavy atom. The number of esters is 1. The largest absolute Gasteiger partial charge is 0.464 e. The fourth-order valence-corrected chi connectivity index (χ4v) is 4.74. The third-order valence-corrected chi connectivity index (χ3v) is 6.67. The van der Waals surface area contributed by atoms with E-state index in [2.05, 4.69) is 16.6 Å². The predicted molar refractivity (Wildman–Crippen MR) is 102 cm³/mol. The zero-order valence-corrected chi connectivity index (χ0v) is 17.0. The lowest BCUT2D eigenvalue weighted by Gasteiger charge is -2.21. The van der Waals surface area contributed by atoms with Crippen molar-refractivity contribution in [2.24, 2.45) is 0 Å². The molecule has 0 N–H and O–H groups in total. The maximum absolute atomic E-state index is 13.0. The standard InChI is InChI=1S/C17H21ClN2O4S2/c1-3-4-5-10-20(11-16-19-15(12-25-16)17(21)24-2)26(22,23)14-8-6-13(18)7-9-14/h6-9,12H,3-5,10-11H2,1-2H3. The monoisotopic (exact) mass is 416 g/mol. The van der Waals surface area contributed by atoms with Gasteiger partial charge in [0.25, 0.3) is 0 Å². The number of nitrogens with zero attached hydrogens (tertiary/aromatic N) is 2. The molecule has 0 aliphatic heterocycles. The fraction of sp³-hybridized carbons (Fsp3) is 0.412. The van der Waals surface area contributed by atoms with Crippen LogP contribution >= 0.6 is 22.9 Å². The van der Waals surface area contributed by atoms with Gasteiger partial charge in [0.15, 0.2) is 5.69 Å². The molecular weight excluding hydrogens is 396 g/mol. The molecule has 0 bridgehead atoms. The quantitative estimate of drug-likeness (QED) is 0.456. The summed E-state index contributed by atoms with van der Waals surface area (Å²) in [5.74, 6) is -0.536. The van der Waals surface area contributed by atoms with E-state index in [1.54, 1.807) is 17.5 Å². The molecule has 0 fully saturated rings. The summed E-state index contributed by atoms with van der Waals surface area (Å²) in [5, 5.41) is 2.59. The van der Waals surface area contributed by atoms with E-state index >= 15 is 0 Å². The van der Waals surface area contributed by atoms with Gasteiger partial charge in [0, 0.05) is 16.9 Å². The summed E-state index contributed by atoms with van der Waals surface area (Å²) >= 11 is 7.09. The second-order valence-corrected chi connectivity index (χ2v) is 8.93. The number of benzene rings is 1. The number of aromatic nitrogens is 1. The zero-order valence-electron chi connectivity index (χ0n) is 14.6. The van der Waals surface area contributed by atoms with Crippen molar-refractivity contribution in [1.29, 1.82) is 0 Å². The minimum atomic E-state index is -3.69. The van der Waals surface area contributed by atoms with Gasteiger partial charge >= 0.3 is 5.97 Å². The van der Waals surface area contributed by atoms with Crippen molar-refractivity contribution in [3.05, 3.63) is 45.4 Å². The van der Waals surface area contributed by atoms with E-state index in [4.69, 9.17) is 11.6 Å². The number of thiazole rings is 1. The van der Waals surface area contributed by atoms with Gasteiger partial charge in [-0.3, -0.25) is 0 Å². The summed E-state index contributed by atoms with van der Waals surface area (Å²) in [7, 11) is -2.41. The lowest BCUT2D eigenvalue weighted by molar-refractivity contribution is 0.0594. The number of carbonyl (C=O) groups excluding carboxylic acids is 1. The van der Waals surface area contributed by atoms with Crippen molar-refractivity contribution >= 4 is 38.9 Å². The van der Waals surface area contributed by atoms with Crippen molar-refractivity contribution in [3.8, 4) is 0 Å². The first-order valence-corrected chi connectivity index (χ1v) is 10.9. The molecule has 0 saturated carbocycles. The summed E-state index contributed by atoms with van der Waals surface area (Å²) in [6.45, 7) is 2.55. The number of methoxy groups -OCH3 is 1. The van der Waals surface area contributed by atoms with Crippen molar-refractivity contribution in [3.63, 3.8) is 0 Å². The molecule has 0 unspecified atom stereocenters. The lowest BCUT2D eigenvalue weighted by atomic mass is 10.2. The first kappa shape index (κ1) is 20.8. The lowest BCUT2D eigenvalue weighted by Crippen LogP contribution is -2.31. The van der Waals surface area contributed by atoms with E-state index in [1.807, 2.05) is 0 Å². The summed E-state index contributed by atoms with van der Waals surface area (Å²) in [6.07, 6.45) is 2.66. The molecule has 0 radical (unpaired) electrons. The van der Waals surface area contributed by atoms with Crippen molar-refractivity contribution in [1.82, 2.24) is 9.29 Å². The van der Waals surface area contributed by atoms with Gasteiger partial charge in [-0.15, -0.1) is 11.3 Å². The van der Waals surface area contributed by atoms with Gasteiger partial charge in [-0.25, -0.2) is 18.2 Å². The van der Waals surface area contributed by atoms with Gasteiger partial charge in [0.1, 0.15) is 5.01 Å². The molecule has 6 nitrogen and oxygen atoms in total. The van der Waals surface area contributed by atoms with E-state index in [-0.39, 0.29) is 17.1 Å². The Labute approximate surface area is 162 Å². The van der Waals surface area contributed by atoms with E-state index in [0.29, 0.717) is 16.6 Å². The van der Waals surface area contributed by atoms with Crippen LogP contribution in [0.1, 0.15) is 41.7 Å². The Bertz CT molecular complexity index is 835. The molecule has 1 aromatic heterocycles. The Morgan fingerprint density at radius 3 is 2.58 bits per heavy atom. The van der Waals surface area contributed by atoms with Crippen molar-refractivity contribution in [2.45, 2.75) is 37.6 Å². The van der Waals surface area contributed by atoms with Crippen molar-refractivity contribution < 1.29 is 17.9 Å². The number of sulfonamides is 1. The number of halogens is 1. The second-order valence-electron chi connectivity index (χ2n) is 5.62. The summed E-state index contributed by atoms with van der Waals surface area (Å²) in [5.41, 5.74) is 0.185. The molecule has 0 amide bonds. The first-order valence-electron chi connectivity index (χ1n) is 8.17. The van der Waals surface area contributed by atoms with Crippen LogP contribution in [0, 0.1) is 0 Å². The molecule has 0 aliphatic carbocycles. The Morgan fingerprint density at radius 1 is 1.27 bits per heavy atom. The Kier molecular flexibility index (Phi) is 7.57. The van der Waals surface area contributed by atoms with Crippen LogP contribution in [0.25, 0.3) is 0 Å². The summed E-state index contributed by atoms with van der Waals surface area (Å²) in [6, 6.07) is 6.09. The number of rotatable bonds is 9. The van der Waals surface area contributed by atoms with Crippen LogP contribution in [0.2, 0.25) is 5.02 Å². The van der Waals surface area contributed by atoms with Gasteiger partial charge in [-0.1, -0.05) is 31.4 Å². The highest BCUT2D eigenvalue weighted by Crippen LogP contribution is 2.22. The number of unbranched alkanes of at least 4 members (excludes halogenated alkanes) is 2.